The maximum atomic E-state index is 5.85. The van der Waals surface area contributed by atoms with E-state index in [-0.39, 0.29) is 0 Å². The first-order valence-corrected chi connectivity index (χ1v) is 6.08. The van der Waals surface area contributed by atoms with Gasteiger partial charge in [-0.15, -0.1) is 0 Å². The zero-order chi connectivity index (χ0) is 12.3. The van der Waals surface area contributed by atoms with E-state index >= 15 is 0 Å². The Morgan fingerprint density at radius 3 is 2.12 bits per heavy atom. The van der Waals surface area contributed by atoms with Gasteiger partial charge in [0.15, 0.2) is 0 Å². The van der Waals surface area contributed by atoms with Crippen LogP contribution < -0.4 is 5.32 Å². The van der Waals surface area contributed by atoms with Crippen LogP contribution in [0, 0.1) is 13.8 Å². The topological polar surface area (TPSA) is 12.0 Å². The molecule has 0 fully saturated rings. The second-order valence-electron chi connectivity index (χ2n) is 4.36. The molecule has 17 heavy (non-hydrogen) atoms. The van der Waals surface area contributed by atoms with E-state index in [0.29, 0.717) is 0 Å². The average Bonchev–Trinajstić information content (AvgIpc) is 2.27. The minimum Gasteiger partial charge on any atom is -0.381 e. The summed E-state index contributed by atoms with van der Waals surface area (Å²) in [7, 11) is 0. The predicted molar refractivity (Wildman–Crippen MR) is 74.7 cm³/mol. The number of rotatable bonds is 3. The van der Waals surface area contributed by atoms with Gasteiger partial charge in [0.05, 0.1) is 0 Å². The van der Waals surface area contributed by atoms with Gasteiger partial charge in [-0.3, -0.25) is 0 Å². The lowest BCUT2D eigenvalue weighted by atomic mass is 10.1. The van der Waals surface area contributed by atoms with E-state index in [4.69, 9.17) is 11.6 Å². The summed E-state index contributed by atoms with van der Waals surface area (Å²) in [5.41, 5.74) is 4.96. The number of nitrogens with one attached hydrogen (secondary N) is 1. The molecule has 0 saturated carbocycles. The number of benzene rings is 2. The summed E-state index contributed by atoms with van der Waals surface area (Å²) in [6, 6.07) is 14.4. The third-order valence-electron chi connectivity index (χ3n) is 2.63. The first kappa shape index (κ1) is 12.0. The molecule has 2 heteroatoms. The van der Waals surface area contributed by atoms with Crippen LogP contribution in [0.15, 0.2) is 42.5 Å². The summed E-state index contributed by atoms with van der Waals surface area (Å²) >= 11 is 5.85. The van der Waals surface area contributed by atoms with Crippen LogP contribution in [-0.2, 0) is 6.54 Å². The van der Waals surface area contributed by atoms with Gasteiger partial charge in [0.2, 0.25) is 0 Å². The lowest BCUT2D eigenvalue weighted by Crippen LogP contribution is -1.99. The Balaban J connectivity index is 2.04. The van der Waals surface area contributed by atoms with Gasteiger partial charge in [-0.25, -0.2) is 0 Å². The van der Waals surface area contributed by atoms with Crippen molar-refractivity contribution in [2.24, 2.45) is 0 Å². The summed E-state index contributed by atoms with van der Waals surface area (Å²) in [5.74, 6) is 0. The largest absolute Gasteiger partial charge is 0.381 e. The molecule has 1 nitrogen and oxygen atoms in total. The zero-order valence-corrected chi connectivity index (χ0v) is 10.9. The van der Waals surface area contributed by atoms with Crippen LogP contribution in [0.3, 0.4) is 0 Å². The molecule has 0 heterocycles. The van der Waals surface area contributed by atoms with Crippen molar-refractivity contribution in [1.29, 1.82) is 0 Å². The molecule has 1 N–H and O–H groups in total. The molecule has 0 saturated heterocycles. The molecule has 88 valence electrons. The average molecular weight is 246 g/mol. The Morgan fingerprint density at radius 1 is 0.941 bits per heavy atom. The van der Waals surface area contributed by atoms with Crippen molar-refractivity contribution in [2.45, 2.75) is 20.4 Å². The first-order chi connectivity index (χ1) is 8.13. The summed E-state index contributed by atoms with van der Waals surface area (Å²) in [6.45, 7) is 5.04. The maximum Gasteiger partial charge on any atom is 0.0406 e. The Morgan fingerprint density at radius 2 is 1.53 bits per heavy atom. The summed E-state index contributed by atoms with van der Waals surface area (Å²) in [6.07, 6.45) is 0. The first-order valence-electron chi connectivity index (χ1n) is 5.70. The van der Waals surface area contributed by atoms with Crippen LogP contribution >= 0.6 is 11.6 Å². The Bertz CT molecular complexity index is 483. The van der Waals surface area contributed by atoms with Crippen LogP contribution in [0.4, 0.5) is 5.69 Å². The quantitative estimate of drug-likeness (QED) is 0.835. The highest BCUT2D eigenvalue weighted by atomic mass is 35.5. The molecule has 2 aromatic rings. The molecule has 0 radical (unpaired) electrons. The Labute approximate surface area is 107 Å². The predicted octanol–water partition coefficient (Wildman–Crippen LogP) is 4.57. The molecular weight excluding hydrogens is 230 g/mol. The van der Waals surface area contributed by atoms with Crippen molar-refractivity contribution < 1.29 is 0 Å². The normalized spacial score (nSPS) is 10.3. The Kier molecular flexibility index (Phi) is 3.70. The van der Waals surface area contributed by atoms with Gasteiger partial charge in [0.25, 0.3) is 0 Å². The van der Waals surface area contributed by atoms with E-state index in [1.807, 2.05) is 24.3 Å². The summed E-state index contributed by atoms with van der Waals surface area (Å²) in [4.78, 5) is 0. The molecule has 0 aromatic heterocycles. The molecule has 0 spiro atoms. The number of halogens is 1. The molecular formula is C15H16ClN. The molecule has 0 amide bonds. The van der Waals surface area contributed by atoms with Crippen LogP contribution in [0.5, 0.6) is 0 Å². The van der Waals surface area contributed by atoms with Gasteiger partial charge in [0.1, 0.15) is 0 Å². The number of hydrogen-bond acceptors (Lipinski definition) is 1. The van der Waals surface area contributed by atoms with Crippen LogP contribution in [-0.4, -0.2) is 0 Å². The van der Waals surface area contributed by atoms with E-state index in [0.717, 1.165) is 17.3 Å². The van der Waals surface area contributed by atoms with Crippen molar-refractivity contribution >= 4 is 17.3 Å². The maximum absolute atomic E-state index is 5.85. The highest BCUT2D eigenvalue weighted by molar-refractivity contribution is 6.30. The van der Waals surface area contributed by atoms with Crippen molar-refractivity contribution in [3.63, 3.8) is 0 Å². The van der Waals surface area contributed by atoms with Crippen LogP contribution in [0.1, 0.15) is 16.7 Å². The minimum absolute atomic E-state index is 0.778. The third-order valence-corrected chi connectivity index (χ3v) is 2.88. The van der Waals surface area contributed by atoms with Gasteiger partial charge >= 0.3 is 0 Å². The standard InChI is InChI=1S/C15H16ClN/c1-11-7-12(2)9-15(8-11)17-10-13-3-5-14(16)6-4-13/h3-9,17H,10H2,1-2H3. The molecule has 0 bridgehead atoms. The van der Waals surface area contributed by atoms with E-state index in [1.165, 1.54) is 16.7 Å². The SMILES string of the molecule is Cc1cc(C)cc(NCc2ccc(Cl)cc2)c1. The second-order valence-corrected chi connectivity index (χ2v) is 4.79. The van der Waals surface area contributed by atoms with E-state index in [2.05, 4.69) is 37.4 Å². The van der Waals surface area contributed by atoms with Crippen molar-refractivity contribution in [1.82, 2.24) is 0 Å². The molecule has 2 rings (SSSR count). The summed E-state index contributed by atoms with van der Waals surface area (Å²) < 4.78 is 0. The highest BCUT2D eigenvalue weighted by Gasteiger charge is 1.96. The molecule has 0 atom stereocenters. The summed E-state index contributed by atoms with van der Waals surface area (Å²) in [5, 5.41) is 4.20. The van der Waals surface area contributed by atoms with E-state index in [1.54, 1.807) is 0 Å². The van der Waals surface area contributed by atoms with Crippen LogP contribution in [0.2, 0.25) is 5.02 Å². The van der Waals surface area contributed by atoms with E-state index < -0.39 is 0 Å². The highest BCUT2D eigenvalue weighted by Crippen LogP contribution is 2.15. The smallest absolute Gasteiger partial charge is 0.0406 e. The van der Waals surface area contributed by atoms with Gasteiger partial charge in [-0.05, 0) is 54.8 Å². The molecule has 0 aliphatic heterocycles. The van der Waals surface area contributed by atoms with Gasteiger partial charge in [-0.1, -0.05) is 29.8 Å². The third kappa shape index (κ3) is 3.50. The van der Waals surface area contributed by atoms with E-state index in [9.17, 15) is 0 Å². The fraction of sp³-hybridized carbons (Fsp3) is 0.200. The molecule has 0 aliphatic carbocycles. The lowest BCUT2D eigenvalue weighted by molar-refractivity contribution is 1.14. The molecule has 0 aliphatic rings. The number of hydrogen-bond donors (Lipinski definition) is 1. The monoisotopic (exact) mass is 245 g/mol. The van der Waals surface area contributed by atoms with Crippen molar-refractivity contribution in [2.75, 3.05) is 5.32 Å². The fourth-order valence-electron chi connectivity index (χ4n) is 1.88. The van der Waals surface area contributed by atoms with Gasteiger partial charge in [-0.2, -0.15) is 0 Å². The second kappa shape index (κ2) is 5.24. The van der Waals surface area contributed by atoms with Crippen LogP contribution in [0.25, 0.3) is 0 Å². The molecule has 0 unspecified atom stereocenters. The zero-order valence-electron chi connectivity index (χ0n) is 10.1. The van der Waals surface area contributed by atoms with Crippen molar-refractivity contribution in [3.8, 4) is 0 Å². The van der Waals surface area contributed by atoms with Gasteiger partial charge < -0.3 is 5.32 Å². The lowest BCUT2D eigenvalue weighted by Gasteiger charge is -2.08. The minimum atomic E-state index is 0.778. The fourth-order valence-corrected chi connectivity index (χ4v) is 2.01. The van der Waals surface area contributed by atoms with Crippen molar-refractivity contribution in [3.05, 3.63) is 64.2 Å². The Hall–Kier alpha value is -1.47. The van der Waals surface area contributed by atoms with Gasteiger partial charge in [0, 0.05) is 17.3 Å². The number of anilines is 1. The molecule has 2 aromatic carbocycles. The number of aryl methyl sites for hydroxylation is 2.